The van der Waals surface area contributed by atoms with E-state index in [1.165, 1.54) is 27.5 Å². The lowest BCUT2D eigenvalue weighted by atomic mass is 10.0. The Morgan fingerprint density at radius 1 is 0.905 bits per heavy atom. The van der Waals surface area contributed by atoms with Crippen LogP contribution in [0, 0.1) is 13.8 Å². The van der Waals surface area contributed by atoms with E-state index in [1.807, 2.05) is 0 Å². The molecule has 0 heterocycles. The summed E-state index contributed by atoms with van der Waals surface area (Å²) < 4.78 is 1.12. The molecule has 2 heteroatoms. The van der Waals surface area contributed by atoms with E-state index in [2.05, 4.69) is 89.7 Å². The Morgan fingerprint density at radius 3 is 2.52 bits per heavy atom. The van der Waals surface area contributed by atoms with Gasteiger partial charge in [-0.2, -0.15) is 0 Å². The molecule has 0 fully saturated rings. The fourth-order valence-corrected chi connectivity index (χ4v) is 2.91. The number of hydrogen-bond acceptors (Lipinski definition) is 1. The Kier molecular flexibility index (Phi) is 3.98. The molecule has 0 atom stereocenters. The Labute approximate surface area is 134 Å². The Hall–Kier alpha value is -1.80. The SMILES string of the molecule is Cc1cccc(CNc2ccc3cc(Br)ccc3c2)c1C. The van der Waals surface area contributed by atoms with Gasteiger partial charge in [0.1, 0.15) is 0 Å². The summed E-state index contributed by atoms with van der Waals surface area (Å²) in [5, 5.41) is 6.03. The number of anilines is 1. The van der Waals surface area contributed by atoms with E-state index >= 15 is 0 Å². The van der Waals surface area contributed by atoms with Gasteiger partial charge in [-0.1, -0.05) is 46.3 Å². The zero-order chi connectivity index (χ0) is 14.8. The summed E-state index contributed by atoms with van der Waals surface area (Å²) in [4.78, 5) is 0. The smallest absolute Gasteiger partial charge is 0.0403 e. The lowest BCUT2D eigenvalue weighted by Gasteiger charge is -2.11. The summed E-state index contributed by atoms with van der Waals surface area (Å²) in [6.07, 6.45) is 0. The van der Waals surface area contributed by atoms with Crippen molar-refractivity contribution in [2.24, 2.45) is 0 Å². The van der Waals surface area contributed by atoms with Crippen molar-refractivity contribution in [3.63, 3.8) is 0 Å². The van der Waals surface area contributed by atoms with E-state index < -0.39 is 0 Å². The van der Waals surface area contributed by atoms with E-state index in [9.17, 15) is 0 Å². The minimum atomic E-state index is 0.857. The number of halogens is 1. The van der Waals surface area contributed by atoms with Gasteiger partial charge >= 0.3 is 0 Å². The molecule has 0 saturated heterocycles. The monoisotopic (exact) mass is 339 g/mol. The second kappa shape index (κ2) is 5.90. The number of benzene rings is 3. The molecule has 0 saturated carbocycles. The van der Waals surface area contributed by atoms with Crippen LogP contribution in [0.15, 0.2) is 59.1 Å². The van der Waals surface area contributed by atoms with Gasteiger partial charge in [0.05, 0.1) is 0 Å². The van der Waals surface area contributed by atoms with Gasteiger partial charge in [-0.05, 0) is 65.6 Å². The fourth-order valence-electron chi connectivity index (χ4n) is 2.53. The summed E-state index contributed by atoms with van der Waals surface area (Å²) in [6.45, 7) is 5.20. The molecule has 0 radical (unpaired) electrons. The van der Waals surface area contributed by atoms with E-state index in [1.54, 1.807) is 0 Å². The van der Waals surface area contributed by atoms with Crippen LogP contribution in [0.1, 0.15) is 16.7 Å². The highest BCUT2D eigenvalue weighted by Crippen LogP contribution is 2.23. The normalized spacial score (nSPS) is 10.8. The third-order valence-corrected chi connectivity index (χ3v) is 4.50. The van der Waals surface area contributed by atoms with Gasteiger partial charge in [0.2, 0.25) is 0 Å². The highest BCUT2D eigenvalue weighted by molar-refractivity contribution is 9.10. The van der Waals surface area contributed by atoms with Crippen LogP contribution in [0.3, 0.4) is 0 Å². The molecule has 0 aliphatic carbocycles. The van der Waals surface area contributed by atoms with Crippen molar-refractivity contribution in [3.8, 4) is 0 Å². The number of aryl methyl sites for hydroxylation is 1. The molecular weight excluding hydrogens is 322 g/mol. The molecule has 0 aliphatic heterocycles. The Bertz CT molecular complexity index is 793. The molecule has 0 unspecified atom stereocenters. The first-order chi connectivity index (χ1) is 10.1. The van der Waals surface area contributed by atoms with E-state index in [0.29, 0.717) is 0 Å². The quantitative estimate of drug-likeness (QED) is 0.632. The summed E-state index contributed by atoms with van der Waals surface area (Å²) in [6, 6.07) is 19.3. The van der Waals surface area contributed by atoms with Crippen LogP contribution in [0.4, 0.5) is 5.69 Å². The van der Waals surface area contributed by atoms with Crippen LogP contribution in [-0.4, -0.2) is 0 Å². The lowest BCUT2D eigenvalue weighted by Crippen LogP contribution is -2.02. The van der Waals surface area contributed by atoms with Crippen molar-refractivity contribution in [1.29, 1.82) is 0 Å². The molecule has 106 valence electrons. The maximum atomic E-state index is 3.52. The lowest BCUT2D eigenvalue weighted by molar-refractivity contribution is 1.10. The molecule has 0 amide bonds. The third kappa shape index (κ3) is 3.11. The first-order valence-corrected chi connectivity index (χ1v) is 7.91. The molecule has 3 aromatic carbocycles. The van der Waals surface area contributed by atoms with Gasteiger partial charge in [-0.15, -0.1) is 0 Å². The minimum Gasteiger partial charge on any atom is -0.381 e. The van der Waals surface area contributed by atoms with Crippen molar-refractivity contribution in [2.45, 2.75) is 20.4 Å². The number of fused-ring (bicyclic) bond motifs is 1. The Morgan fingerprint density at radius 2 is 1.67 bits per heavy atom. The van der Waals surface area contributed by atoms with Gasteiger partial charge in [0, 0.05) is 16.7 Å². The average Bonchev–Trinajstić information content (AvgIpc) is 2.49. The fraction of sp³-hybridized carbons (Fsp3) is 0.158. The van der Waals surface area contributed by atoms with Crippen molar-refractivity contribution in [3.05, 3.63) is 75.8 Å². The number of nitrogens with one attached hydrogen (secondary N) is 1. The molecule has 0 spiro atoms. The van der Waals surface area contributed by atoms with E-state index in [0.717, 1.165) is 16.7 Å². The van der Waals surface area contributed by atoms with Crippen LogP contribution >= 0.6 is 15.9 Å². The maximum absolute atomic E-state index is 3.52. The van der Waals surface area contributed by atoms with Crippen LogP contribution in [0.2, 0.25) is 0 Å². The molecule has 1 nitrogen and oxygen atoms in total. The number of rotatable bonds is 3. The molecular formula is C19H18BrN. The molecule has 0 aliphatic rings. The topological polar surface area (TPSA) is 12.0 Å². The zero-order valence-electron chi connectivity index (χ0n) is 12.3. The maximum Gasteiger partial charge on any atom is 0.0403 e. The molecule has 3 aromatic rings. The van der Waals surface area contributed by atoms with Crippen molar-refractivity contribution in [2.75, 3.05) is 5.32 Å². The highest BCUT2D eigenvalue weighted by Gasteiger charge is 2.01. The van der Waals surface area contributed by atoms with Crippen molar-refractivity contribution in [1.82, 2.24) is 0 Å². The summed E-state index contributed by atoms with van der Waals surface area (Å²) in [5.41, 5.74) is 5.23. The van der Waals surface area contributed by atoms with E-state index in [-0.39, 0.29) is 0 Å². The van der Waals surface area contributed by atoms with Crippen molar-refractivity contribution >= 4 is 32.4 Å². The highest BCUT2D eigenvalue weighted by atomic mass is 79.9. The summed E-state index contributed by atoms with van der Waals surface area (Å²) in [7, 11) is 0. The minimum absolute atomic E-state index is 0.857. The molecule has 0 aromatic heterocycles. The first kappa shape index (κ1) is 14.2. The molecule has 3 rings (SSSR count). The molecule has 21 heavy (non-hydrogen) atoms. The van der Waals surface area contributed by atoms with Crippen LogP contribution in [0.25, 0.3) is 10.8 Å². The van der Waals surface area contributed by atoms with E-state index in [4.69, 9.17) is 0 Å². The first-order valence-electron chi connectivity index (χ1n) is 7.12. The van der Waals surface area contributed by atoms with Crippen LogP contribution < -0.4 is 5.32 Å². The average molecular weight is 340 g/mol. The van der Waals surface area contributed by atoms with Crippen molar-refractivity contribution < 1.29 is 0 Å². The summed E-state index contributed by atoms with van der Waals surface area (Å²) >= 11 is 3.51. The number of hydrogen-bond donors (Lipinski definition) is 1. The van der Waals surface area contributed by atoms with Gasteiger partial charge in [0.15, 0.2) is 0 Å². The second-order valence-corrected chi connectivity index (χ2v) is 6.33. The largest absolute Gasteiger partial charge is 0.381 e. The predicted molar refractivity (Wildman–Crippen MR) is 94.9 cm³/mol. The second-order valence-electron chi connectivity index (χ2n) is 5.42. The predicted octanol–water partition coefficient (Wildman–Crippen LogP) is 5.83. The zero-order valence-corrected chi connectivity index (χ0v) is 13.9. The molecule has 0 bridgehead atoms. The van der Waals surface area contributed by atoms with Crippen LogP contribution in [-0.2, 0) is 6.54 Å². The summed E-state index contributed by atoms with van der Waals surface area (Å²) in [5.74, 6) is 0. The van der Waals surface area contributed by atoms with Gasteiger partial charge in [-0.25, -0.2) is 0 Å². The Balaban J connectivity index is 1.82. The van der Waals surface area contributed by atoms with Crippen LogP contribution in [0.5, 0.6) is 0 Å². The van der Waals surface area contributed by atoms with Gasteiger partial charge in [0.25, 0.3) is 0 Å². The molecule has 1 N–H and O–H groups in total. The van der Waals surface area contributed by atoms with Gasteiger partial charge in [-0.3, -0.25) is 0 Å². The van der Waals surface area contributed by atoms with Gasteiger partial charge < -0.3 is 5.32 Å². The third-order valence-electron chi connectivity index (χ3n) is 4.00. The standard InChI is InChI=1S/C19H18BrN/c1-13-4-3-5-17(14(13)2)12-21-19-9-7-15-10-18(20)8-6-16(15)11-19/h3-11,21H,12H2,1-2H3.